The number of carbonyl (C=O) groups excluding carboxylic acids is 1. The fourth-order valence-corrected chi connectivity index (χ4v) is 5.64. The average molecular weight is 649 g/mol. The van der Waals surface area contributed by atoms with Gasteiger partial charge in [-0.15, -0.1) is 0 Å². The molecular weight excluding hydrogens is 618 g/mol. The summed E-state index contributed by atoms with van der Waals surface area (Å²) in [6, 6.07) is 19.0. The summed E-state index contributed by atoms with van der Waals surface area (Å²) >= 11 is 0. The van der Waals surface area contributed by atoms with Crippen LogP contribution in [0.3, 0.4) is 0 Å². The second kappa shape index (κ2) is 13.0. The quantitative estimate of drug-likeness (QED) is 0.195. The maximum Gasteiger partial charge on any atom is 0.416 e. The summed E-state index contributed by atoms with van der Waals surface area (Å²) in [7, 11) is 0. The van der Waals surface area contributed by atoms with Crippen LogP contribution in [0.5, 0.6) is 0 Å². The molecule has 0 aliphatic carbocycles. The second-order valence-corrected chi connectivity index (χ2v) is 11.1. The predicted octanol–water partition coefficient (Wildman–Crippen LogP) is 7.33. The molecule has 1 aromatic heterocycles. The number of hydrogen-bond donors (Lipinski definition) is 2. The van der Waals surface area contributed by atoms with E-state index in [1.165, 1.54) is 11.8 Å². The number of aromatic nitrogens is 3. The molecule has 1 saturated heterocycles. The number of likely N-dealkylation sites (tertiary alicyclic amines) is 1. The van der Waals surface area contributed by atoms with E-state index in [1.54, 1.807) is 54.6 Å². The third-order valence-corrected chi connectivity index (χ3v) is 8.12. The lowest BCUT2D eigenvalue weighted by atomic mass is 9.77. The first kappa shape index (κ1) is 32.8. The summed E-state index contributed by atoms with van der Waals surface area (Å²) in [6.45, 7) is 1.02. The number of ether oxygens (including phenoxy) is 2. The molecule has 0 radical (unpaired) electrons. The van der Waals surface area contributed by atoms with Crippen molar-refractivity contribution in [3.8, 4) is 0 Å². The van der Waals surface area contributed by atoms with Crippen LogP contribution in [0.25, 0.3) is 0 Å². The first-order chi connectivity index (χ1) is 21.8. The molecule has 3 atom stereocenters. The number of alkyl halides is 6. The molecule has 1 aliphatic heterocycles. The molecule has 1 unspecified atom stereocenters. The van der Waals surface area contributed by atoms with Crippen LogP contribution in [0, 0.1) is 0 Å². The SMILES string of the molecule is C[C@@H](OC[C@@]1(c2ccccc2)CCC(c2n[nH]c(=O)[nH]2)CN1C(=O)OCc1ccccc1)c1cc(C(F)(F)F)cc(C(F)(F)F)c1. The molecule has 0 spiro atoms. The topological polar surface area (TPSA) is 100 Å². The molecule has 1 aliphatic rings. The fourth-order valence-electron chi connectivity index (χ4n) is 5.64. The van der Waals surface area contributed by atoms with E-state index in [1.807, 2.05) is 6.07 Å². The largest absolute Gasteiger partial charge is 0.445 e. The minimum Gasteiger partial charge on any atom is -0.445 e. The maximum absolute atomic E-state index is 13.9. The van der Waals surface area contributed by atoms with Crippen LogP contribution in [-0.4, -0.2) is 39.3 Å². The van der Waals surface area contributed by atoms with E-state index in [9.17, 15) is 35.9 Å². The first-order valence-electron chi connectivity index (χ1n) is 14.4. The Morgan fingerprint density at radius 1 is 0.978 bits per heavy atom. The zero-order chi connectivity index (χ0) is 33.1. The van der Waals surface area contributed by atoms with E-state index in [2.05, 4.69) is 15.2 Å². The van der Waals surface area contributed by atoms with E-state index in [4.69, 9.17) is 9.47 Å². The summed E-state index contributed by atoms with van der Waals surface area (Å²) in [6.07, 6.45) is -11.4. The summed E-state index contributed by atoms with van der Waals surface area (Å²) < 4.78 is 93.3. The van der Waals surface area contributed by atoms with Crippen molar-refractivity contribution < 1.29 is 40.6 Å². The van der Waals surface area contributed by atoms with Crippen LogP contribution in [0.15, 0.2) is 83.7 Å². The van der Waals surface area contributed by atoms with E-state index in [0.29, 0.717) is 29.9 Å². The van der Waals surface area contributed by atoms with Crippen LogP contribution in [0.1, 0.15) is 65.4 Å². The highest BCUT2D eigenvalue weighted by molar-refractivity contribution is 5.70. The molecule has 3 aromatic carbocycles. The van der Waals surface area contributed by atoms with Gasteiger partial charge in [0.2, 0.25) is 0 Å². The Kier molecular flexibility index (Phi) is 9.29. The fraction of sp³-hybridized carbons (Fsp3) is 0.344. The van der Waals surface area contributed by atoms with Gasteiger partial charge in [0.15, 0.2) is 0 Å². The number of amides is 1. The summed E-state index contributed by atoms with van der Waals surface area (Å²) in [5.74, 6) is -0.0965. The van der Waals surface area contributed by atoms with Crippen molar-refractivity contribution in [3.05, 3.63) is 123 Å². The third kappa shape index (κ3) is 7.27. The van der Waals surface area contributed by atoms with Gasteiger partial charge in [0.25, 0.3) is 0 Å². The molecule has 2 heterocycles. The predicted molar refractivity (Wildman–Crippen MR) is 153 cm³/mol. The van der Waals surface area contributed by atoms with Gasteiger partial charge in [0.05, 0.1) is 29.4 Å². The lowest BCUT2D eigenvalue weighted by Crippen LogP contribution is -2.57. The van der Waals surface area contributed by atoms with Gasteiger partial charge in [-0.05, 0) is 54.7 Å². The normalized spacial score (nSPS) is 19.5. The van der Waals surface area contributed by atoms with Gasteiger partial charge in [-0.25, -0.2) is 14.7 Å². The molecule has 244 valence electrons. The molecular formula is C32H30F6N4O4. The highest BCUT2D eigenvalue weighted by Crippen LogP contribution is 2.44. The smallest absolute Gasteiger partial charge is 0.416 e. The number of hydrogen-bond acceptors (Lipinski definition) is 5. The van der Waals surface area contributed by atoms with Gasteiger partial charge in [0.1, 0.15) is 12.4 Å². The number of aromatic amines is 2. The molecule has 46 heavy (non-hydrogen) atoms. The third-order valence-electron chi connectivity index (χ3n) is 8.12. The van der Waals surface area contributed by atoms with Crippen LogP contribution in [0.4, 0.5) is 31.1 Å². The highest BCUT2D eigenvalue weighted by Gasteiger charge is 2.48. The number of nitrogens with one attached hydrogen (secondary N) is 2. The Morgan fingerprint density at radius 2 is 1.59 bits per heavy atom. The Hall–Kier alpha value is -4.59. The Labute approximate surface area is 259 Å². The van der Waals surface area contributed by atoms with E-state index in [0.717, 1.165) is 5.56 Å². The van der Waals surface area contributed by atoms with Crippen molar-refractivity contribution in [2.24, 2.45) is 0 Å². The Morgan fingerprint density at radius 3 is 2.15 bits per heavy atom. The van der Waals surface area contributed by atoms with E-state index in [-0.39, 0.29) is 37.8 Å². The molecule has 8 nitrogen and oxygen atoms in total. The minimum absolute atomic E-state index is 0.0167. The minimum atomic E-state index is -5.02. The standard InChI is InChI=1S/C32H30F6N4O4/c1-20(23-14-25(31(33,34)35)16-26(15-23)32(36,37)38)46-19-30(24-10-6-3-7-11-24)13-12-22(27-39-28(43)41-40-27)17-42(30)29(44)45-18-21-8-4-2-5-9-21/h2-11,14-16,20,22H,12-13,17-19H2,1H3,(H2,39,40,41,43)/t20-,22?,30-/m1/s1. The van der Waals surface area contributed by atoms with Crippen LogP contribution in [-0.2, 0) is 34.0 Å². The van der Waals surface area contributed by atoms with Gasteiger partial charge in [-0.1, -0.05) is 60.7 Å². The van der Waals surface area contributed by atoms with Crippen LogP contribution >= 0.6 is 0 Å². The van der Waals surface area contributed by atoms with Gasteiger partial charge < -0.3 is 9.47 Å². The first-order valence-corrected chi connectivity index (χ1v) is 14.4. The molecule has 1 amide bonds. The number of nitrogens with zero attached hydrogens (tertiary/aromatic N) is 2. The van der Waals surface area contributed by atoms with Gasteiger partial charge >= 0.3 is 24.1 Å². The molecule has 1 fully saturated rings. The maximum atomic E-state index is 13.9. The Balaban J connectivity index is 1.50. The molecule has 5 rings (SSSR count). The lowest BCUT2D eigenvalue weighted by molar-refractivity contribution is -0.143. The van der Waals surface area contributed by atoms with Gasteiger partial charge in [-0.3, -0.25) is 9.88 Å². The Bertz CT molecular complexity index is 1660. The summed E-state index contributed by atoms with van der Waals surface area (Å²) in [5.41, 5.74) is -3.66. The van der Waals surface area contributed by atoms with Crippen molar-refractivity contribution in [1.29, 1.82) is 0 Å². The highest BCUT2D eigenvalue weighted by atomic mass is 19.4. The number of carbonyl (C=O) groups is 1. The van der Waals surface area contributed by atoms with Crippen LogP contribution in [0.2, 0.25) is 0 Å². The molecule has 2 N–H and O–H groups in total. The molecule has 0 bridgehead atoms. The van der Waals surface area contributed by atoms with Crippen molar-refractivity contribution in [1.82, 2.24) is 20.1 Å². The number of benzene rings is 3. The van der Waals surface area contributed by atoms with Crippen molar-refractivity contribution >= 4 is 6.09 Å². The average Bonchev–Trinajstić information content (AvgIpc) is 3.48. The van der Waals surface area contributed by atoms with Gasteiger partial charge in [0, 0.05) is 12.5 Å². The molecule has 14 heteroatoms. The summed E-state index contributed by atoms with van der Waals surface area (Å²) in [5, 5.41) is 6.35. The zero-order valence-electron chi connectivity index (χ0n) is 24.5. The molecule has 0 saturated carbocycles. The van der Waals surface area contributed by atoms with Crippen molar-refractivity contribution in [3.63, 3.8) is 0 Å². The van der Waals surface area contributed by atoms with Crippen molar-refractivity contribution in [2.45, 2.75) is 56.3 Å². The monoisotopic (exact) mass is 648 g/mol. The number of rotatable bonds is 8. The van der Waals surface area contributed by atoms with E-state index < -0.39 is 52.8 Å². The number of H-pyrrole nitrogens is 2. The van der Waals surface area contributed by atoms with Crippen molar-refractivity contribution in [2.75, 3.05) is 13.2 Å². The van der Waals surface area contributed by atoms with Crippen LogP contribution < -0.4 is 5.69 Å². The lowest BCUT2D eigenvalue weighted by Gasteiger charge is -2.49. The van der Waals surface area contributed by atoms with E-state index >= 15 is 0 Å². The number of halogens is 6. The number of piperidine rings is 1. The summed E-state index contributed by atoms with van der Waals surface area (Å²) in [4.78, 5) is 29.7. The second-order valence-electron chi connectivity index (χ2n) is 11.1. The molecule has 4 aromatic rings. The zero-order valence-corrected chi connectivity index (χ0v) is 24.5. The van der Waals surface area contributed by atoms with Gasteiger partial charge in [-0.2, -0.15) is 31.4 Å².